The summed E-state index contributed by atoms with van der Waals surface area (Å²) in [5.74, 6) is -0.323. The molecule has 1 aliphatic carbocycles. The van der Waals surface area contributed by atoms with Crippen molar-refractivity contribution in [2.75, 3.05) is 6.61 Å². The van der Waals surface area contributed by atoms with Crippen molar-refractivity contribution >= 4 is 0 Å². The maximum Gasteiger partial charge on any atom is 0.437 e. The van der Waals surface area contributed by atoms with Crippen LogP contribution in [0.4, 0.5) is 13.2 Å². The molecule has 22 heavy (non-hydrogen) atoms. The Bertz CT molecular complexity index is 652. The van der Waals surface area contributed by atoms with Crippen molar-refractivity contribution in [3.05, 3.63) is 24.0 Å². The highest BCUT2D eigenvalue weighted by molar-refractivity contribution is 5.54. The summed E-state index contributed by atoms with van der Waals surface area (Å²) in [5.41, 5.74) is 4.64. The highest BCUT2D eigenvalue weighted by Gasteiger charge is 2.39. The van der Waals surface area contributed by atoms with Crippen molar-refractivity contribution in [3.8, 4) is 17.1 Å². The molecule has 0 unspecified atom stereocenters. The predicted octanol–water partition coefficient (Wildman–Crippen LogP) is 2.15. The van der Waals surface area contributed by atoms with Crippen molar-refractivity contribution in [2.24, 2.45) is 5.73 Å². The number of nitrogens with one attached hydrogen (secondary N) is 1. The van der Waals surface area contributed by atoms with Crippen LogP contribution in [0.1, 0.15) is 25.0 Å². The summed E-state index contributed by atoms with van der Waals surface area (Å²) in [5, 5.41) is 9.61. The molecular weight excluding hydrogens is 299 g/mol. The fraction of sp³-hybridized carbons (Fsp3) is 0.462. The summed E-state index contributed by atoms with van der Waals surface area (Å²) in [4.78, 5) is 3.62. The van der Waals surface area contributed by atoms with E-state index in [1.165, 1.54) is 18.3 Å². The maximum atomic E-state index is 13.2. The fourth-order valence-corrected chi connectivity index (χ4v) is 2.23. The zero-order chi connectivity index (χ0) is 15.8. The summed E-state index contributed by atoms with van der Waals surface area (Å²) in [6.45, 7) is 0.0427. The van der Waals surface area contributed by atoms with E-state index in [-0.39, 0.29) is 23.7 Å². The molecule has 1 aliphatic rings. The van der Waals surface area contributed by atoms with Crippen molar-refractivity contribution in [1.82, 2.24) is 20.4 Å². The van der Waals surface area contributed by atoms with Gasteiger partial charge < -0.3 is 10.5 Å². The molecule has 0 aliphatic heterocycles. The summed E-state index contributed by atoms with van der Waals surface area (Å²) in [6, 6.07) is 2.65. The largest absolute Gasteiger partial charge is 0.489 e. The number of pyridine rings is 1. The van der Waals surface area contributed by atoms with Crippen LogP contribution in [0.2, 0.25) is 0 Å². The molecule has 1 saturated carbocycles. The van der Waals surface area contributed by atoms with E-state index in [1.54, 1.807) is 0 Å². The Balaban J connectivity index is 1.88. The zero-order valence-corrected chi connectivity index (χ0v) is 11.5. The molecule has 3 N–H and O–H groups in total. The van der Waals surface area contributed by atoms with E-state index in [1.807, 2.05) is 0 Å². The first kappa shape index (κ1) is 14.8. The summed E-state index contributed by atoms with van der Waals surface area (Å²) < 4.78 is 44.8. The van der Waals surface area contributed by atoms with Crippen LogP contribution in [0.3, 0.4) is 0 Å². The van der Waals surface area contributed by atoms with E-state index in [9.17, 15) is 13.2 Å². The van der Waals surface area contributed by atoms with Gasteiger partial charge in [-0.15, -0.1) is 0 Å². The average Bonchev–Trinajstić information content (AvgIpc) is 2.96. The van der Waals surface area contributed by atoms with Crippen LogP contribution in [0.25, 0.3) is 11.4 Å². The van der Waals surface area contributed by atoms with Gasteiger partial charge in [0.15, 0.2) is 5.69 Å². The van der Waals surface area contributed by atoms with Crippen LogP contribution in [0, 0.1) is 0 Å². The molecule has 1 fully saturated rings. The van der Waals surface area contributed by atoms with Gasteiger partial charge in [0.2, 0.25) is 0 Å². The van der Waals surface area contributed by atoms with Gasteiger partial charge in [-0.3, -0.25) is 0 Å². The monoisotopic (exact) mass is 313 g/mol. The van der Waals surface area contributed by atoms with E-state index in [2.05, 4.69) is 20.4 Å². The molecule has 0 amide bonds. The van der Waals surface area contributed by atoms with E-state index in [0.717, 1.165) is 19.3 Å². The minimum absolute atomic E-state index is 0.0427. The van der Waals surface area contributed by atoms with Gasteiger partial charge in [-0.05, 0) is 31.4 Å². The van der Waals surface area contributed by atoms with Crippen LogP contribution in [-0.4, -0.2) is 32.5 Å². The minimum atomic E-state index is -4.63. The molecule has 3 rings (SSSR count). The van der Waals surface area contributed by atoms with Crippen molar-refractivity contribution < 1.29 is 17.9 Å². The lowest BCUT2D eigenvalue weighted by Crippen LogP contribution is -2.51. The second-order valence-electron chi connectivity index (χ2n) is 5.40. The topological polar surface area (TPSA) is 89.7 Å². The normalized spacial score (nSPS) is 17.1. The first-order chi connectivity index (χ1) is 10.4. The molecule has 0 atom stereocenters. The minimum Gasteiger partial charge on any atom is -0.489 e. The lowest BCUT2D eigenvalue weighted by molar-refractivity contribution is -0.142. The Hall–Kier alpha value is -2.16. The summed E-state index contributed by atoms with van der Waals surface area (Å²) in [6.07, 6.45) is -0.865. The lowest BCUT2D eigenvalue weighted by atomic mass is 9.78. The van der Waals surface area contributed by atoms with Gasteiger partial charge in [0.1, 0.15) is 18.1 Å². The highest BCUT2D eigenvalue weighted by atomic mass is 19.4. The number of aromatic amines is 1. The van der Waals surface area contributed by atoms with Crippen LogP contribution < -0.4 is 10.5 Å². The van der Waals surface area contributed by atoms with E-state index >= 15 is 0 Å². The fourth-order valence-electron chi connectivity index (χ4n) is 2.23. The van der Waals surface area contributed by atoms with Crippen LogP contribution in [0.15, 0.2) is 18.3 Å². The third kappa shape index (κ3) is 2.89. The van der Waals surface area contributed by atoms with E-state index < -0.39 is 17.4 Å². The molecule has 6 nitrogen and oxygen atoms in total. The van der Waals surface area contributed by atoms with Crippen LogP contribution in [-0.2, 0) is 6.18 Å². The molecule has 0 radical (unpaired) electrons. The molecule has 2 aromatic heterocycles. The number of hydrogen-bond acceptors (Lipinski definition) is 5. The number of nitrogens with zero attached hydrogens (tertiary/aromatic N) is 3. The quantitative estimate of drug-likeness (QED) is 0.902. The van der Waals surface area contributed by atoms with Gasteiger partial charge in [-0.2, -0.15) is 28.6 Å². The number of aromatic nitrogens is 4. The standard InChI is InChI=1S/C13H14F3N5O/c14-13(15,16)11-10(22-7-12(17)4-1-5-12)3-2-8(19-11)9-6-18-21-20-9/h2-3,6H,1,4-5,7,17H2,(H,18,20,21). The van der Waals surface area contributed by atoms with Crippen LogP contribution in [0.5, 0.6) is 5.75 Å². The van der Waals surface area contributed by atoms with E-state index in [0.29, 0.717) is 0 Å². The Morgan fingerprint density at radius 3 is 2.59 bits per heavy atom. The Labute approximate surface area is 123 Å². The van der Waals surface area contributed by atoms with Crippen LogP contribution >= 0.6 is 0 Å². The molecule has 0 aromatic carbocycles. The molecule has 0 saturated heterocycles. The molecular formula is C13H14F3N5O. The van der Waals surface area contributed by atoms with Gasteiger partial charge in [0.05, 0.1) is 17.4 Å². The Kier molecular flexibility index (Phi) is 3.51. The third-order valence-electron chi connectivity index (χ3n) is 3.67. The predicted molar refractivity (Wildman–Crippen MR) is 70.9 cm³/mol. The molecule has 2 heterocycles. The number of ether oxygens (including phenoxy) is 1. The lowest BCUT2D eigenvalue weighted by Gasteiger charge is -2.37. The SMILES string of the molecule is NC1(COc2ccc(-c3cn[nH]n3)nc2C(F)(F)F)CCC1. The number of nitrogens with two attached hydrogens (primary N) is 1. The van der Waals surface area contributed by atoms with Gasteiger partial charge in [-0.1, -0.05) is 0 Å². The molecule has 2 aromatic rings. The molecule has 0 spiro atoms. The zero-order valence-electron chi connectivity index (χ0n) is 11.5. The van der Waals surface area contributed by atoms with Gasteiger partial charge in [0.25, 0.3) is 0 Å². The number of hydrogen-bond donors (Lipinski definition) is 2. The number of alkyl halides is 3. The Morgan fingerprint density at radius 1 is 1.27 bits per heavy atom. The first-order valence-electron chi connectivity index (χ1n) is 6.73. The summed E-state index contributed by atoms with van der Waals surface area (Å²) >= 11 is 0. The maximum absolute atomic E-state index is 13.2. The second kappa shape index (κ2) is 5.24. The smallest absolute Gasteiger partial charge is 0.437 e. The van der Waals surface area contributed by atoms with Crippen molar-refractivity contribution in [2.45, 2.75) is 31.0 Å². The third-order valence-corrected chi connectivity index (χ3v) is 3.67. The molecule has 9 heteroatoms. The van der Waals surface area contributed by atoms with E-state index in [4.69, 9.17) is 10.5 Å². The highest BCUT2D eigenvalue weighted by Crippen LogP contribution is 2.37. The number of rotatable bonds is 4. The average molecular weight is 313 g/mol. The first-order valence-corrected chi connectivity index (χ1v) is 6.73. The number of H-pyrrole nitrogens is 1. The number of halogens is 3. The Morgan fingerprint density at radius 2 is 2.05 bits per heavy atom. The van der Waals surface area contributed by atoms with Gasteiger partial charge in [-0.25, -0.2) is 4.98 Å². The van der Waals surface area contributed by atoms with Crippen molar-refractivity contribution in [1.29, 1.82) is 0 Å². The van der Waals surface area contributed by atoms with Crippen molar-refractivity contribution in [3.63, 3.8) is 0 Å². The van der Waals surface area contributed by atoms with Gasteiger partial charge in [0, 0.05) is 0 Å². The van der Waals surface area contributed by atoms with Gasteiger partial charge >= 0.3 is 6.18 Å². The molecule has 118 valence electrons. The second-order valence-corrected chi connectivity index (χ2v) is 5.40. The summed E-state index contributed by atoms with van der Waals surface area (Å²) in [7, 11) is 0. The molecule has 0 bridgehead atoms.